The van der Waals surface area contributed by atoms with E-state index < -0.39 is 0 Å². The Kier molecular flexibility index (Phi) is 2.50. The van der Waals surface area contributed by atoms with E-state index in [2.05, 4.69) is 29.6 Å². The molecule has 0 aliphatic carbocycles. The summed E-state index contributed by atoms with van der Waals surface area (Å²) in [6.45, 7) is 1.88. The highest BCUT2D eigenvalue weighted by Gasteiger charge is 2.16. The first kappa shape index (κ1) is 8.57. The lowest BCUT2D eigenvalue weighted by molar-refractivity contribution is 0.503. The molecule has 1 aliphatic heterocycles. The zero-order chi connectivity index (χ0) is 9.10. The van der Waals surface area contributed by atoms with Gasteiger partial charge in [-0.05, 0) is 36.9 Å². The summed E-state index contributed by atoms with van der Waals surface area (Å²) in [7, 11) is 0. The Bertz CT molecular complexity index is 283. The van der Waals surface area contributed by atoms with Crippen molar-refractivity contribution in [2.24, 2.45) is 11.7 Å². The zero-order valence-electron chi connectivity index (χ0n) is 7.79. The van der Waals surface area contributed by atoms with E-state index in [1.807, 2.05) is 0 Å². The number of hydrogen-bond donors (Lipinski definition) is 2. The maximum absolute atomic E-state index is 5.55. The molecule has 0 amide bonds. The highest BCUT2D eigenvalue weighted by atomic mass is 14.9. The number of benzene rings is 1. The van der Waals surface area contributed by atoms with Gasteiger partial charge in [-0.15, -0.1) is 0 Å². The quantitative estimate of drug-likeness (QED) is 0.718. The highest BCUT2D eigenvalue weighted by molar-refractivity contribution is 5.53. The first-order valence-corrected chi connectivity index (χ1v) is 4.92. The minimum absolute atomic E-state index is 0.722. The molecule has 3 N–H and O–H groups in total. The third-order valence-electron chi connectivity index (χ3n) is 2.68. The molecule has 1 aromatic carbocycles. The minimum atomic E-state index is 0.722. The Hall–Kier alpha value is -1.02. The van der Waals surface area contributed by atoms with Gasteiger partial charge in [0.25, 0.3) is 0 Å². The van der Waals surface area contributed by atoms with Crippen LogP contribution in [0.3, 0.4) is 0 Å². The molecule has 0 aromatic heterocycles. The fourth-order valence-electron chi connectivity index (χ4n) is 1.95. The van der Waals surface area contributed by atoms with E-state index in [9.17, 15) is 0 Å². The molecule has 70 valence electrons. The lowest BCUT2D eigenvalue weighted by Gasteiger charge is -2.25. The van der Waals surface area contributed by atoms with Gasteiger partial charge in [0.1, 0.15) is 0 Å². The van der Waals surface area contributed by atoms with Crippen molar-refractivity contribution in [3.05, 3.63) is 29.8 Å². The lowest BCUT2D eigenvalue weighted by Crippen LogP contribution is -2.25. The van der Waals surface area contributed by atoms with Crippen LogP contribution < -0.4 is 11.1 Å². The van der Waals surface area contributed by atoms with Crippen LogP contribution in [0.5, 0.6) is 0 Å². The van der Waals surface area contributed by atoms with Crippen LogP contribution in [-0.2, 0) is 6.42 Å². The number of para-hydroxylation sites is 1. The van der Waals surface area contributed by atoms with Gasteiger partial charge in [-0.2, -0.15) is 0 Å². The summed E-state index contributed by atoms with van der Waals surface area (Å²) >= 11 is 0. The Balaban J connectivity index is 2.11. The van der Waals surface area contributed by atoms with Crippen LogP contribution in [0.15, 0.2) is 24.3 Å². The van der Waals surface area contributed by atoms with E-state index in [0.29, 0.717) is 0 Å². The number of fused-ring (bicyclic) bond motifs is 1. The van der Waals surface area contributed by atoms with Gasteiger partial charge in [0.15, 0.2) is 0 Å². The normalized spacial score (nSPS) is 20.5. The molecule has 0 fully saturated rings. The number of nitrogens with one attached hydrogen (secondary N) is 1. The molecule has 0 saturated carbocycles. The maximum atomic E-state index is 5.55. The monoisotopic (exact) mass is 176 g/mol. The molecule has 1 atom stereocenters. The van der Waals surface area contributed by atoms with Gasteiger partial charge in [-0.25, -0.2) is 0 Å². The van der Waals surface area contributed by atoms with Crippen LogP contribution in [0.1, 0.15) is 12.0 Å². The molecule has 0 bridgehead atoms. The third kappa shape index (κ3) is 1.83. The fourth-order valence-corrected chi connectivity index (χ4v) is 1.95. The summed E-state index contributed by atoms with van der Waals surface area (Å²) in [4.78, 5) is 0. The Morgan fingerprint density at radius 1 is 1.38 bits per heavy atom. The standard InChI is InChI=1S/C11H16N2/c12-6-5-9-7-10-3-1-2-4-11(10)13-8-9/h1-4,9,13H,5-8,12H2/t9-/m0/s1. The minimum Gasteiger partial charge on any atom is -0.385 e. The van der Waals surface area contributed by atoms with Crippen molar-refractivity contribution in [2.75, 3.05) is 18.4 Å². The number of anilines is 1. The van der Waals surface area contributed by atoms with Gasteiger partial charge in [0.2, 0.25) is 0 Å². The third-order valence-corrected chi connectivity index (χ3v) is 2.68. The molecular formula is C11H16N2. The van der Waals surface area contributed by atoms with Crippen molar-refractivity contribution in [1.82, 2.24) is 0 Å². The number of rotatable bonds is 2. The van der Waals surface area contributed by atoms with Gasteiger partial charge >= 0.3 is 0 Å². The predicted octanol–water partition coefficient (Wildman–Crippen LogP) is 1.62. The molecule has 2 nitrogen and oxygen atoms in total. The molecule has 0 spiro atoms. The molecule has 0 saturated heterocycles. The van der Waals surface area contributed by atoms with E-state index >= 15 is 0 Å². The second kappa shape index (κ2) is 3.79. The molecule has 1 heterocycles. The van der Waals surface area contributed by atoms with Crippen LogP contribution in [0.25, 0.3) is 0 Å². The molecular weight excluding hydrogens is 160 g/mol. The fraction of sp³-hybridized carbons (Fsp3) is 0.455. The second-order valence-electron chi connectivity index (χ2n) is 3.69. The van der Waals surface area contributed by atoms with Crippen molar-refractivity contribution in [3.63, 3.8) is 0 Å². The molecule has 2 rings (SSSR count). The average Bonchev–Trinajstić information content (AvgIpc) is 2.18. The lowest BCUT2D eigenvalue weighted by atomic mass is 9.92. The van der Waals surface area contributed by atoms with Crippen molar-refractivity contribution >= 4 is 5.69 Å². The topological polar surface area (TPSA) is 38.0 Å². The molecule has 0 radical (unpaired) electrons. The Morgan fingerprint density at radius 2 is 2.23 bits per heavy atom. The average molecular weight is 176 g/mol. The van der Waals surface area contributed by atoms with E-state index in [0.717, 1.165) is 25.4 Å². The van der Waals surface area contributed by atoms with Crippen LogP contribution in [0.2, 0.25) is 0 Å². The largest absolute Gasteiger partial charge is 0.385 e. The summed E-state index contributed by atoms with van der Waals surface area (Å²) in [5.41, 5.74) is 8.29. The van der Waals surface area contributed by atoms with Gasteiger partial charge < -0.3 is 11.1 Å². The van der Waals surface area contributed by atoms with Gasteiger partial charge in [-0.3, -0.25) is 0 Å². The molecule has 0 unspecified atom stereocenters. The summed E-state index contributed by atoms with van der Waals surface area (Å²) in [5.74, 6) is 0.722. The van der Waals surface area contributed by atoms with Crippen LogP contribution in [0.4, 0.5) is 5.69 Å². The van der Waals surface area contributed by atoms with E-state index in [1.54, 1.807) is 0 Å². The Morgan fingerprint density at radius 3 is 3.08 bits per heavy atom. The van der Waals surface area contributed by atoms with Crippen molar-refractivity contribution in [2.45, 2.75) is 12.8 Å². The van der Waals surface area contributed by atoms with Crippen LogP contribution in [0, 0.1) is 5.92 Å². The second-order valence-corrected chi connectivity index (χ2v) is 3.69. The maximum Gasteiger partial charge on any atom is 0.0372 e. The van der Waals surface area contributed by atoms with Gasteiger partial charge in [-0.1, -0.05) is 18.2 Å². The highest BCUT2D eigenvalue weighted by Crippen LogP contribution is 2.25. The summed E-state index contributed by atoms with van der Waals surface area (Å²) in [6.07, 6.45) is 2.31. The van der Waals surface area contributed by atoms with Gasteiger partial charge in [0, 0.05) is 12.2 Å². The molecule has 1 aromatic rings. The van der Waals surface area contributed by atoms with E-state index in [-0.39, 0.29) is 0 Å². The molecule has 2 heteroatoms. The SMILES string of the molecule is NCC[C@@H]1CNc2ccccc2C1. The first-order valence-electron chi connectivity index (χ1n) is 4.92. The van der Waals surface area contributed by atoms with Crippen LogP contribution >= 0.6 is 0 Å². The molecule has 1 aliphatic rings. The van der Waals surface area contributed by atoms with Crippen molar-refractivity contribution in [1.29, 1.82) is 0 Å². The van der Waals surface area contributed by atoms with Gasteiger partial charge in [0.05, 0.1) is 0 Å². The molecule has 13 heavy (non-hydrogen) atoms. The van der Waals surface area contributed by atoms with Crippen molar-refractivity contribution in [3.8, 4) is 0 Å². The first-order chi connectivity index (χ1) is 6.40. The predicted molar refractivity (Wildman–Crippen MR) is 55.8 cm³/mol. The number of nitrogens with two attached hydrogens (primary N) is 1. The van der Waals surface area contributed by atoms with E-state index in [1.165, 1.54) is 17.7 Å². The smallest absolute Gasteiger partial charge is 0.0372 e. The summed E-state index contributed by atoms with van der Waals surface area (Å²) in [6, 6.07) is 8.53. The summed E-state index contributed by atoms with van der Waals surface area (Å²) < 4.78 is 0. The number of hydrogen-bond acceptors (Lipinski definition) is 2. The Labute approximate surface area is 79.1 Å². The van der Waals surface area contributed by atoms with E-state index in [4.69, 9.17) is 5.73 Å². The van der Waals surface area contributed by atoms with Crippen LogP contribution in [-0.4, -0.2) is 13.1 Å². The zero-order valence-corrected chi connectivity index (χ0v) is 7.79. The van der Waals surface area contributed by atoms with Crippen molar-refractivity contribution < 1.29 is 0 Å². The summed E-state index contributed by atoms with van der Waals surface area (Å²) in [5, 5.41) is 3.44.